The van der Waals surface area contributed by atoms with Crippen LogP contribution in [0.2, 0.25) is 0 Å². The van der Waals surface area contributed by atoms with Gasteiger partial charge in [0.2, 0.25) is 5.91 Å². The van der Waals surface area contributed by atoms with Gasteiger partial charge in [0.15, 0.2) is 18.1 Å². The van der Waals surface area contributed by atoms with Crippen molar-refractivity contribution in [3.63, 3.8) is 0 Å². The van der Waals surface area contributed by atoms with Crippen molar-refractivity contribution in [3.05, 3.63) is 87.2 Å². The van der Waals surface area contributed by atoms with Crippen LogP contribution in [0.1, 0.15) is 12.5 Å². The lowest BCUT2D eigenvalue weighted by Crippen LogP contribution is -2.36. The van der Waals surface area contributed by atoms with Crippen molar-refractivity contribution >= 4 is 68.1 Å². The second-order valence-corrected chi connectivity index (χ2v) is 10.3. The van der Waals surface area contributed by atoms with Gasteiger partial charge in [0.1, 0.15) is 18.2 Å². The molecule has 1 aliphatic heterocycles. The van der Waals surface area contributed by atoms with E-state index in [-0.39, 0.29) is 35.3 Å². The van der Waals surface area contributed by atoms with Crippen LogP contribution in [0.15, 0.2) is 70.0 Å². The largest absolute Gasteiger partial charge is 0.490 e. The van der Waals surface area contributed by atoms with Crippen molar-refractivity contribution in [1.82, 2.24) is 4.90 Å². The van der Waals surface area contributed by atoms with Crippen molar-refractivity contribution in [2.45, 2.75) is 6.92 Å². The van der Waals surface area contributed by atoms with Crippen LogP contribution in [0.25, 0.3) is 6.08 Å². The molecule has 13 heteroatoms. The quantitative estimate of drug-likeness (QED) is 0.267. The van der Waals surface area contributed by atoms with Gasteiger partial charge in [0.25, 0.3) is 17.1 Å². The molecule has 1 heterocycles. The first-order chi connectivity index (χ1) is 19.6. The number of thioether (sulfide) groups is 1. The van der Waals surface area contributed by atoms with Gasteiger partial charge in [-0.05, 0) is 101 Å². The van der Waals surface area contributed by atoms with E-state index in [1.165, 1.54) is 48.5 Å². The number of hydrogen-bond donors (Lipinski definition) is 2. The maximum absolute atomic E-state index is 13.4. The highest BCUT2D eigenvalue weighted by atomic mass is 79.9. The topological polar surface area (TPSA) is 114 Å². The first-order valence-electron chi connectivity index (χ1n) is 12.1. The third kappa shape index (κ3) is 7.92. The molecule has 0 spiro atoms. The van der Waals surface area contributed by atoms with E-state index in [0.29, 0.717) is 27.5 Å². The summed E-state index contributed by atoms with van der Waals surface area (Å²) in [6.45, 7) is 1.11. The van der Waals surface area contributed by atoms with Gasteiger partial charge in [0, 0.05) is 11.4 Å². The Balaban J connectivity index is 1.44. The molecule has 1 saturated heterocycles. The highest BCUT2D eigenvalue weighted by Gasteiger charge is 2.36. The van der Waals surface area contributed by atoms with Gasteiger partial charge in [-0.3, -0.25) is 24.1 Å². The normalized spacial score (nSPS) is 13.9. The highest BCUT2D eigenvalue weighted by Crippen LogP contribution is 2.39. The van der Waals surface area contributed by atoms with Crippen LogP contribution in [-0.2, 0) is 14.4 Å². The smallest absolute Gasteiger partial charge is 0.294 e. The zero-order valence-corrected chi connectivity index (χ0v) is 23.8. The first-order valence-corrected chi connectivity index (χ1v) is 13.7. The molecule has 4 rings (SSSR count). The average molecular weight is 646 g/mol. The van der Waals surface area contributed by atoms with E-state index in [1.54, 1.807) is 19.1 Å². The number of carbonyl (C=O) groups is 4. The Morgan fingerprint density at radius 1 is 0.951 bits per heavy atom. The maximum Gasteiger partial charge on any atom is 0.294 e. The summed E-state index contributed by atoms with van der Waals surface area (Å²) in [5, 5.41) is 4.41. The Hall–Kier alpha value is -4.23. The fourth-order valence-corrected chi connectivity index (χ4v) is 5.05. The Bertz CT molecular complexity index is 1530. The number of ether oxygens (including phenoxy) is 2. The number of nitrogens with one attached hydrogen (secondary N) is 2. The van der Waals surface area contributed by atoms with Crippen LogP contribution in [0, 0.1) is 11.6 Å². The number of hydrogen-bond acceptors (Lipinski definition) is 7. The molecule has 3 aromatic rings. The predicted molar refractivity (Wildman–Crippen MR) is 154 cm³/mol. The third-order valence-corrected chi connectivity index (χ3v) is 6.89. The second kappa shape index (κ2) is 13.4. The predicted octanol–water partition coefficient (Wildman–Crippen LogP) is 5.82. The summed E-state index contributed by atoms with van der Waals surface area (Å²) >= 11 is 4.06. The van der Waals surface area contributed by atoms with Gasteiger partial charge < -0.3 is 20.1 Å². The zero-order valence-electron chi connectivity index (χ0n) is 21.4. The van der Waals surface area contributed by atoms with E-state index >= 15 is 0 Å². The molecular weight excluding hydrogens is 624 g/mol. The fourth-order valence-electron chi connectivity index (χ4n) is 3.64. The maximum atomic E-state index is 13.4. The van der Waals surface area contributed by atoms with Crippen molar-refractivity contribution in [2.24, 2.45) is 0 Å². The SMILES string of the molecule is CCOc1cc(/C=C2/SC(=O)N(CC(=O)Nc3cccc(F)c3)C2=O)cc(Br)c1OCC(=O)Nc1ccc(F)cc1. The molecule has 9 nitrogen and oxygen atoms in total. The van der Waals surface area contributed by atoms with Crippen LogP contribution in [0.4, 0.5) is 25.0 Å². The van der Waals surface area contributed by atoms with Gasteiger partial charge in [0.05, 0.1) is 16.0 Å². The summed E-state index contributed by atoms with van der Waals surface area (Å²) in [4.78, 5) is 51.0. The van der Waals surface area contributed by atoms with Gasteiger partial charge in [-0.1, -0.05) is 6.07 Å². The molecule has 0 atom stereocenters. The minimum atomic E-state index is -0.665. The van der Waals surface area contributed by atoms with Crippen molar-refractivity contribution in [3.8, 4) is 11.5 Å². The zero-order chi connectivity index (χ0) is 29.5. The van der Waals surface area contributed by atoms with Crippen molar-refractivity contribution in [1.29, 1.82) is 0 Å². The van der Waals surface area contributed by atoms with Crippen LogP contribution in [0.5, 0.6) is 11.5 Å². The highest BCUT2D eigenvalue weighted by molar-refractivity contribution is 9.10. The Morgan fingerprint density at radius 3 is 2.39 bits per heavy atom. The Kier molecular flexibility index (Phi) is 9.73. The molecule has 0 aromatic heterocycles. The van der Waals surface area contributed by atoms with Crippen molar-refractivity contribution in [2.75, 3.05) is 30.4 Å². The second-order valence-electron chi connectivity index (χ2n) is 8.43. The molecule has 41 heavy (non-hydrogen) atoms. The van der Waals surface area contributed by atoms with Crippen LogP contribution in [-0.4, -0.2) is 47.6 Å². The van der Waals surface area contributed by atoms with Crippen molar-refractivity contribution < 1.29 is 37.4 Å². The van der Waals surface area contributed by atoms with Crippen LogP contribution < -0.4 is 20.1 Å². The fraction of sp³-hybridized carbons (Fsp3) is 0.143. The molecule has 3 aromatic carbocycles. The monoisotopic (exact) mass is 645 g/mol. The number of halogens is 3. The van der Waals surface area contributed by atoms with E-state index in [9.17, 15) is 28.0 Å². The lowest BCUT2D eigenvalue weighted by Gasteiger charge is -2.15. The lowest BCUT2D eigenvalue weighted by atomic mass is 10.2. The van der Waals surface area contributed by atoms with E-state index in [1.807, 2.05) is 0 Å². The molecule has 0 bridgehead atoms. The summed E-state index contributed by atoms with van der Waals surface area (Å²) in [6.07, 6.45) is 1.47. The molecule has 1 fully saturated rings. The first kappa shape index (κ1) is 29.7. The lowest BCUT2D eigenvalue weighted by molar-refractivity contribution is -0.127. The summed E-state index contributed by atoms with van der Waals surface area (Å²) < 4.78 is 38.2. The van der Waals surface area contributed by atoms with Crippen LogP contribution in [0.3, 0.4) is 0 Å². The summed E-state index contributed by atoms with van der Waals surface area (Å²) in [6, 6.07) is 13.7. The van der Waals surface area contributed by atoms with E-state index in [2.05, 4.69) is 26.6 Å². The van der Waals surface area contributed by atoms with Gasteiger partial charge in [-0.15, -0.1) is 0 Å². The molecule has 212 valence electrons. The third-order valence-electron chi connectivity index (χ3n) is 5.39. The Morgan fingerprint density at radius 2 is 1.68 bits per heavy atom. The summed E-state index contributed by atoms with van der Waals surface area (Å²) in [5.74, 6) is -2.27. The standard InChI is InChI=1S/C28H22BrF2N3O6S/c1-2-39-22-11-16(10-21(29)26(22)40-15-25(36)32-19-8-6-17(30)7-9-19)12-23-27(37)34(28(38)41-23)14-24(35)33-20-5-3-4-18(31)13-20/h3-13H,2,14-15H2,1H3,(H,32,36)(H,33,35)/b23-12+. The summed E-state index contributed by atoms with van der Waals surface area (Å²) in [5.41, 5.74) is 1.08. The number of rotatable bonds is 10. The van der Waals surface area contributed by atoms with E-state index in [0.717, 1.165) is 11.0 Å². The molecule has 0 aliphatic carbocycles. The molecule has 2 N–H and O–H groups in total. The van der Waals surface area contributed by atoms with Gasteiger partial charge >= 0.3 is 0 Å². The molecule has 0 saturated carbocycles. The van der Waals surface area contributed by atoms with Gasteiger partial charge in [-0.25, -0.2) is 8.78 Å². The van der Waals surface area contributed by atoms with Crippen LogP contribution >= 0.6 is 27.7 Å². The molecular formula is C28H22BrF2N3O6S. The number of anilines is 2. The minimum absolute atomic E-state index is 0.0789. The Labute approximate surface area is 246 Å². The van der Waals surface area contributed by atoms with E-state index < -0.39 is 41.1 Å². The number of amides is 4. The van der Waals surface area contributed by atoms with Gasteiger partial charge in [-0.2, -0.15) is 0 Å². The number of nitrogens with zero attached hydrogens (tertiary/aromatic N) is 1. The number of benzene rings is 3. The molecule has 0 unspecified atom stereocenters. The summed E-state index contributed by atoms with van der Waals surface area (Å²) in [7, 11) is 0. The average Bonchev–Trinajstić information content (AvgIpc) is 3.17. The van der Waals surface area contributed by atoms with E-state index in [4.69, 9.17) is 9.47 Å². The minimum Gasteiger partial charge on any atom is -0.490 e. The number of carbonyl (C=O) groups excluding carboxylic acids is 4. The number of imide groups is 1. The molecule has 1 aliphatic rings. The molecule has 4 amide bonds. The molecule has 0 radical (unpaired) electrons.